The SMILES string of the molecule is Cc1cc(C#N)cc(Cl)c1Oc1nc(Cl)ncc1Br. The number of rotatable bonds is 2. The first-order valence-electron chi connectivity index (χ1n) is 5.07. The molecule has 0 bridgehead atoms. The molecule has 0 unspecified atom stereocenters. The zero-order chi connectivity index (χ0) is 14.0. The van der Waals surface area contributed by atoms with Crippen molar-refractivity contribution in [1.29, 1.82) is 5.26 Å². The topological polar surface area (TPSA) is 58.8 Å². The van der Waals surface area contributed by atoms with E-state index in [-0.39, 0.29) is 11.2 Å². The molecular formula is C12H6BrCl2N3O. The second-order valence-corrected chi connectivity index (χ2v) is 5.21. The molecule has 0 aliphatic carbocycles. The van der Waals surface area contributed by atoms with Crippen LogP contribution in [0, 0.1) is 18.3 Å². The predicted molar refractivity (Wildman–Crippen MR) is 75.7 cm³/mol. The van der Waals surface area contributed by atoms with Crippen molar-refractivity contribution >= 4 is 39.1 Å². The van der Waals surface area contributed by atoms with Gasteiger partial charge in [-0.25, -0.2) is 4.98 Å². The lowest BCUT2D eigenvalue weighted by Gasteiger charge is -2.11. The minimum atomic E-state index is 0.0700. The molecule has 19 heavy (non-hydrogen) atoms. The number of nitriles is 1. The van der Waals surface area contributed by atoms with Crippen LogP contribution in [0.1, 0.15) is 11.1 Å². The molecule has 7 heteroatoms. The number of benzene rings is 1. The van der Waals surface area contributed by atoms with Crippen molar-refractivity contribution in [3.63, 3.8) is 0 Å². The maximum Gasteiger partial charge on any atom is 0.238 e. The summed E-state index contributed by atoms with van der Waals surface area (Å²) in [6, 6.07) is 5.23. The van der Waals surface area contributed by atoms with Crippen molar-refractivity contribution in [3.8, 4) is 17.7 Å². The molecule has 1 aromatic carbocycles. The molecule has 0 aliphatic heterocycles. The van der Waals surface area contributed by atoms with Gasteiger partial charge in [0.15, 0.2) is 5.75 Å². The fourth-order valence-electron chi connectivity index (χ4n) is 1.42. The lowest BCUT2D eigenvalue weighted by atomic mass is 10.1. The highest BCUT2D eigenvalue weighted by atomic mass is 79.9. The Kier molecular flexibility index (Phi) is 4.25. The summed E-state index contributed by atoms with van der Waals surface area (Å²) in [6.45, 7) is 1.79. The Morgan fingerprint density at radius 3 is 2.74 bits per heavy atom. The first-order chi connectivity index (χ1) is 9.01. The van der Waals surface area contributed by atoms with Gasteiger partial charge in [-0.1, -0.05) is 11.6 Å². The Morgan fingerprint density at radius 1 is 1.37 bits per heavy atom. The summed E-state index contributed by atoms with van der Waals surface area (Å²) in [5.74, 6) is 0.686. The Morgan fingerprint density at radius 2 is 2.11 bits per heavy atom. The van der Waals surface area contributed by atoms with Gasteiger partial charge in [0.1, 0.15) is 0 Å². The number of nitrogens with zero attached hydrogens (tertiary/aromatic N) is 3. The standard InChI is InChI=1S/C12H6BrCl2N3O/c1-6-2-7(4-16)3-9(14)10(6)19-11-8(13)5-17-12(15)18-11/h2-3,5H,1H3. The van der Waals surface area contributed by atoms with E-state index in [1.807, 2.05) is 6.07 Å². The van der Waals surface area contributed by atoms with Crippen molar-refractivity contribution in [2.45, 2.75) is 6.92 Å². The highest BCUT2D eigenvalue weighted by Gasteiger charge is 2.13. The summed E-state index contributed by atoms with van der Waals surface area (Å²) in [7, 11) is 0. The van der Waals surface area contributed by atoms with Crippen molar-refractivity contribution in [2.75, 3.05) is 0 Å². The lowest BCUT2D eigenvalue weighted by molar-refractivity contribution is 0.455. The molecule has 0 fully saturated rings. The summed E-state index contributed by atoms with van der Waals surface area (Å²) in [6.07, 6.45) is 1.48. The number of aryl methyl sites for hydroxylation is 1. The third-order valence-corrected chi connectivity index (χ3v) is 3.25. The minimum absolute atomic E-state index is 0.0700. The smallest absolute Gasteiger partial charge is 0.238 e. The second-order valence-electron chi connectivity index (χ2n) is 3.61. The van der Waals surface area contributed by atoms with Gasteiger partial charge in [-0.2, -0.15) is 10.2 Å². The summed E-state index contributed by atoms with van der Waals surface area (Å²) < 4.78 is 6.18. The van der Waals surface area contributed by atoms with Crippen molar-refractivity contribution < 1.29 is 4.74 Å². The highest BCUT2D eigenvalue weighted by molar-refractivity contribution is 9.10. The van der Waals surface area contributed by atoms with Crippen molar-refractivity contribution in [2.24, 2.45) is 0 Å². The van der Waals surface area contributed by atoms with E-state index in [4.69, 9.17) is 33.2 Å². The number of ether oxygens (including phenoxy) is 1. The number of hydrogen-bond donors (Lipinski definition) is 0. The molecule has 2 rings (SSSR count). The molecule has 1 heterocycles. The number of hydrogen-bond acceptors (Lipinski definition) is 4. The predicted octanol–water partition coefficient (Wildman–Crippen LogP) is 4.52. The van der Waals surface area contributed by atoms with Gasteiger partial charge in [0.2, 0.25) is 11.2 Å². The Bertz CT molecular complexity index is 662. The van der Waals surface area contributed by atoms with E-state index >= 15 is 0 Å². The molecule has 0 amide bonds. The van der Waals surface area contributed by atoms with Crippen LogP contribution in [0.2, 0.25) is 10.3 Å². The Labute approximate surface area is 128 Å². The Balaban J connectivity index is 2.44. The van der Waals surface area contributed by atoms with Gasteiger partial charge >= 0.3 is 0 Å². The van der Waals surface area contributed by atoms with Crippen LogP contribution < -0.4 is 4.74 Å². The first-order valence-corrected chi connectivity index (χ1v) is 6.62. The van der Waals surface area contributed by atoms with Crippen LogP contribution in [0.3, 0.4) is 0 Å². The van der Waals surface area contributed by atoms with Crippen LogP contribution in [0.4, 0.5) is 0 Å². The molecule has 4 nitrogen and oxygen atoms in total. The average Bonchev–Trinajstić information content (AvgIpc) is 2.37. The highest BCUT2D eigenvalue weighted by Crippen LogP contribution is 2.35. The maximum absolute atomic E-state index is 8.85. The maximum atomic E-state index is 8.85. The fourth-order valence-corrected chi connectivity index (χ4v) is 2.13. The molecule has 96 valence electrons. The first kappa shape index (κ1) is 14.1. The molecule has 0 saturated heterocycles. The molecule has 0 saturated carbocycles. The van der Waals surface area contributed by atoms with Gasteiger partial charge < -0.3 is 4.74 Å². The molecule has 0 N–H and O–H groups in total. The summed E-state index contributed by atoms with van der Waals surface area (Å²) in [5, 5.41) is 9.25. The van der Waals surface area contributed by atoms with Crippen LogP contribution in [0.5, 0.6) is 11.6 Å². The van der Waals surface area contributed by atoms with Gasteiger partial charge in [0.05, 0.1) is 21.1 Å². The zero-order valence-corrected chi connectivity index (χ0v) is 12.7. The monoisotopic (exact) mass is 357 g/mol. The summed E-state index contributed by atoms with van der Waals surface area (Å²) in [5.41, 5.74) is 1.19. The molecule has 0 atom stereocenters. The van der Waals surface area contributed by atoms with E-state index in [1.165, 1.54) is 12.3 Å². The van der Waals surface area contributed by atoms with E-state index in [2.05, 4.69) is 25.9 Å². The van der Waals surface area contributed by atoms with Crippen LogP contribution in [0.25, 0.3) is 0 Å². The lowest BCUT2D eigenvalue weighted by Crippen LogP contribution is -1.95. The summed E-state index contributed by atoms with van der Waals surface area (Å²) >= 11 is 15.1. The molecule has 2 aromatic rings. The quantitative estimate of drug-likeness (QED) is 0.740. The van der Waals surface area contributed by atoms with Crippen LogP contribution in [-0.2, 0) is 0 Å². The van der Waals surface area contributed by atoms with Crippen molar-refractivity contribution in [3.05, 3.63) is 44.2 Å². The fraction of sp³-hybridized carbons (Fsp3) is 0.0833. The number of halogens is 3. The Hall–Kier alpha value is -1.35. The molecule has 0 radical (unpaired) electrons. The molecule has 1 aromatic heterocycles. The van der Waals surface area contributed by atoms with E-state index < -0.39 is 0 Å². The van der Waals surface area contributed by atoms with E-state index in [1.54, 1.807) is 13.0 Å². The zero-order valence-electron chi connectivity index (χ0n) is 9.62. The third kappa shape index (κ3) is 3.16. The van der Waals surface area contributed by atoms with Gasteiger partial charge in [0.25, 0.3) is 0 Å². The van der Waals surface area contributed by atoms with Gasteiger partial charge in [-0.15, -0.1) is 0 Å². The van der Waals surface area contributed by atoms with E-state index in [9.17, 15) is 0 Å². The molecule has 0 spiro atoms. The van der Waals surface area contributed by atoms with Gasteiger partial charge in [0, 0.05) is 6.20 Å². The van der Waals surface area contributed by atoms with Crippen LogP contribution in [0.15, 0.2) is 22.8 Å². The van der Waals surface area contributed by atoms with Crippen molar-refractivity contribution in [1.82, 2.24) is 9.97 Å². The average molecular weight is 359 g/mol. The minimum Gasteiger partial charge on any atom is -0.436 e. The van der Waals surface area contributed by atoms with E-state index in [0.717, 1.165) is 5.56 Å². The second kappa shape index (κ2) is 5.74. The van der Waals surface area contributed by atoms with Crippen LogP contribution >= 0.6 is 39.1 Å². The van der Waals surface area contributed by atoms with Gasteiger partial charge in [-0.3, -0.25) is 0 Å². The number of aromatic nitrogens is 2. The van der Waals surface area contributed by atoms with E-state index in [0.29, 0.717) is 20.8 Å². The third-order valence-electron chi connectivity index (χ3n) is 2.24. The molecule has 0 aliphatic rings. The largest absolute Gasteiger partial charge is 0.436 e. The normalized spacial score (nSPS) is 10.1. The summed E-state index contributed by atoms with van der Waals surface area (Å²) in [4.78, 5) is 7.76. The molecular weight excluding hydrogens is 353 g/mol. The van der Waals surface area contributed by atoms with Gasteiger partial charge in [-0.05, 0) is 52.2 Å². The van der Waals surface area contributed by atoms with Crippen LogP contribution in [-0.4, -0.2) is 9.97 Å².